The van der Waals surface area contributed by atoms with E-state index in [1.54, 1.807) is 0 Å². The fraction of sp³-hybridized carbons (Fsp3) is 0.429. The fourth-order valence-corrected chi connectivity index (χ4v) is 4.35. The van der Waals surface area contributed by atoms with E-state index in [4.69, 9.17) is 0 Å². The highest BCUT2D eigenvalue weighted by atomic mass is 32.1. The highest BCUT2D eigenvalue weighted by Crippen LogP contribution is 2.34. The molecule has 2 nitrogen and oxygen atoms in total. The molecule has 1 aliphatic heterocycles. The normalized spacial score (nSPS) is 18.1. The third-order valence-corrected chi connectivity index (χ3v) is 5.21. The molecule has 0 amide bonds. The van der Waals surface area contributed by atoms with E-state index >= 15 is 0 Å². The van der Waals surface area contributed by atoms with Crippen LogP contribution in [0.3, 0.4) is 0 Å². The maximum Gasteiger partial charge on any atom is 0.0790 e. The quantitative estimate of drug-likeness (QED) is 0.927. The van der Waals surface area contributed by atoms with Crippen molar-refractivity contribution in [1.29, 1.82) is 0 Å². The average molecular weight is 278 g/mol. The molecule has 0 aliphatic carbocycles. The van der Waals surface area contributed by atoms with Crippen LogP contribution in [0.4, 0.5) is 0 Å². The summed E-state index contributed by atoms with van der Waals surface area (Å²) in [6.07, 6.45) is 1.24. The minimum atomic E-state index is 0.463. The van der Waals surface area contributed by atoms with Gasteiger partial charge in [0.05, 0.1) is 6.04 Å². The Morgan fingerprint density at radius 2 is 1.72 bits per heavy atom. The summed E-state index contributed by atoms with van der Waals surface area (Å²) < 4.78 is 0. The summed E-state index contributed by atoms with van der Waals surface area (Å²) in [4.78, 5) is 5.57. The molecule has 0 bridgehead atoms. The number of nitrogens with zero attached hydrogens (tertiary/aromatic N) is 1. The van der Waals surface area contributed by atoms with Crippen LogP contribution in [0.2, 0.25) is 0 Å². The highest BCUT2D eigenvalue weighted by Gasteiger charge is 2.24. The van der Waals surface area contributed by atoms with Crippen LogP contribution in [-0.2, 0) is 0 Å². The topological polar surface area (TPSA) is 15.3 Å². The van der Waals surface area contributed by atoms with Crippen LogP contribution in [0.15, 0.2) is 35.0 Å². The predicted molar refractivity (Wildman–Crippen MR) is 79.5 cm³/mol. The monoisotopic (exact) mass is 278 g/mol. The third kappa shape index (κ3) is 2.67. The van der Waals surface area contributed by atoms with E-state index in [2.05, 4.69) is 45.2 Å². The molecule has 0 unspecified atom stereocenters. The van der Waals surface area contributed by atoms with Gasteiger partial charge in [-0.15, -0.1) is 22.7 Å². The Morgan fingerprint density at radius 1 is 1.00 bits per heavy atom. The molecule has 3 heterocycles. The molecule has 0 atom stereocenters. The van der Waals surface area contributed by atoms with Gasteiger partial charge in [-0.1, -0.05) is 12.1 Å². The van der Waals surface area contributed by atoms with Crippen molar-refractivity contribution in [2.24, 2.45) is 0 Å². The Balaban J connectivity index is 1.89. The Bertz CT molecular complexity index is 408. The van der Waals surface area contributed by atoms with Crippen LogP contribution in [0.5, 0.6) is 0 Å². The Morgan fingerprint density at radius 3 is 2.33 bits per heavy atom. The minimum absolute atomic E-state index is 0.463. The van der Waals surface area contributed by atoms with Gasteiger partial charge in [0.15, 0.2) is 0 Å². The first-order chi connectivity index (χ1) is 8.95. The number of hydrogen-bond donors (Lipinski definition) is 1. The molecular weight excluding hydrogens is 260 g/mol. The van der Waals surface area contributed by atoms with Crippen LogP contribution in [0, 0.1) is 0 Å². The molecule has 2 aromatic rings. The van der Waals surface area contributed by atoms with Gasteiger partial charge in [-0.3, -0.25) is 4.90 Å². The summed E-state index contributed by atoms with van der Waals surface area (Å²) in [6, 6.07) is 9.33. The summed E-state index contributed by atoms with van der Waals surface area (Å²) >= 11 is 3.75. The van der Waals surface area contributed by atoms with Gasteiger partial charge in [-0.25, -0.2) is 0 Å². The second-order valence-electron chi connectivity index (χ2n) is 4.57. The van der Waals surface area contributed by atoms with Crippen molar-refractivity contribution in [2.45, 2.75) is 12.5 Å². The predicted octanol–water partition coefficient (Wildman–Crippen LogP) is 3.19. The lowest BCUT2D eigenvalue weighted by atomic mass is 10.1. The molecular formula is C14H18N2S2. The summed E-state index contributed by atoms with van der Waals surface area (Å²) in [6.45, 7) is 4.58. The van der Waals surface area contributed by atoms with Gasteiger partial charge in [0.2, 0.25) is 0 Å². The van der Waals surface area contributed by atoms with E-state index in [-0.39, 0.29) is 0 Å². The van der Waals surface area contributed by atoms with Gasteiger partial charge < -0.3 is 5.32 Å². The first-order valence-electron chi connectivity index (χ1n) is 6.47. The van der Waals surface area contributed by atoms with Crippen LogP contribution in [-0.4, -0.2) is 31.1 Å². The zero-order valence-corrected chi connectivity index (χ0v) is 12.0. The molecule has 0 spiro atoms. The van der Waals surface area contributed by atoms with E-state index < -0.39 is 0 Å². The van der Waals surface area contributed by atoms with Crippen molar-refractivity contribution >= 4 is 22.7 Å². The number of thiophene rings is 2. The molecule has 1 N–H and O–H groups in total. The van der Waals surface area contributed by atoms with Crippen molar-refractivity contribution in [3.05, 3.63) is 44.8 Å². The molecule has 1 saturated heterocycles. The molecule has 2 aromatic heterocycles. The number of rotatable bonds is 3. The molecule has 0 aromatic carbocycles. The van der Waals surface area contributed by atoms with E-state index in [0.717, 1.165) is 19.6 Å². The average Bonchev–Trinajstić information content (AvgIpc) is 3.02. The second-order valence-corrected chi connectivity index (χ2v) is 6.53. The van der Waals surface area contributed by atoms with Gasteiger partial charge >= 0.3 is 0 Å². The molecule has 1 aliphatic rings. The lowest BCUT2D eigenvalue weighted by molar-refractivity contribution is 0.247. The van der Waals surface area contributed by atoms with Gasteiger partial charge in [-0.2, -0.15) is 0 Å². The van der Waals surface area contributed by atoms with Crippen LogP contribution in [0.25, 0.3) is 0 Å². The summed E-state index contributed by atoms with van der Waals surface area (Å²) in [7, 11) is 0. The van der Waals surface area contributed by atoms with E-state index in [1.165, 1.54) is 22.7 Å². The number of hydrogen-bond acceptors (Lipinski definition) is 4. The minimum Gasteiger partial charge on any atom is -0.315 e. The first kappa shape index (κ1) is 12.4. The maximum absolute atomic E-state index is 3.49. The lowest BCUT2D eigenvalue weighted by Gasteiger charge is -2.29. The standard InChI is InChI=1S/C14H18N2S2/c1-4-12(17-10-1)14(13-5-2-11-18-13)16-8-3-6-15-7-9-16/h1-2,4-5,10-11,14-15H,3,6-9H2. The van der Waals surface area contributed by atoms with Gasteiger partial charge in [0, 0.05) is 29.4 Å². The molecule has 3 rings (SSSR count). The SMILES string of the molecule is c1csc(C(c2cccs2)N2CCCNCC2)c1. The summed E-state index contributed by atoms with van der Waals surface area (Å²) in [5.74, 6) is 0. The molecule has 0 radical (unpaired) electrons. The third-order valence-electron chi connectivity index (χ3n) is 3.37. The van der Waals surface area contributed by atoms with Crippen LogP contribution < -0.4 is 5.32 Å². The fourth-order valence-electron chi connectivity index (χ4n) is 2.52. The van der Waals surface area contributed by atoms with Crippen molar-refractivity contribution < 1.29 is 0 Å². The lowest BCUT2D eigenvalue weighted by Crippen LogP contribution is -2.32. The Hall–Kier alpha value is -0.680. The van der Waals surface area contributed by atoms with Crippen LogP contribution in [0.1, 0.15) is 22.2 Å². The van der Waals surface area contributed by atoms with Crippen LogP contribution >= 0.6 is 22.7 Å². The van der Waals surface area contributed by atoms with Crippen molar-refractivity contribution in [3.63, 3.8) is 0 Å². The summed E-state index contributed by atoms with van der Waals surface area (Å²) in [5, 5.41) is 7.86. The highest BCUT2D eigenvalue weighted by molar-refractivity contribution is 7.11. The smallest absolute Gasteiger partial charge is 0.0790 e. The van der Waals surface area contributed by atoms with E-state index in [1.807, 2.05) is 22.7 Å². The van der Waals surface area contributed by atoms with Crippen molar-refractivity contribution in [1.82, 2.24) is 10.2 Å². The van der Waals surface area contributed by atoms with Gasteiger partial charge in [0.1, 0.15) is 0 Å². The van der Waals surface area contributed by atoms with Crippen molar-refractivity contribution in [2.75, 3.05) is 26.2 Å². The zero-order valence-electron chi connectivity index (χ0n) is 10.3. The largest absolute Gasteiger partial charge is 0.315 e. The molecule has 4 heteroatoms. The van der Waals surface area contributed by atoms with E-state index in [9.17, 15) is 0 Å². The van der Waals surface area contributed by atoms with E-state index in [0.29, 0.717) is 6.04 Å². The van der Waals surface area contributed by atoms with Gasteiger partial charge in [-0.05, 0) is 35.9 Å². The first-order valence-corrected chi connectivity index (χ1v) is 8.22. The second kappa shape index (κ2) is 5.97. The number of nitrogens with one attached hydrogen (secondary N) is 1. The maximum atomic E-state index is 3.49. The zero-order chi connectivity index (χ0) is 12.2. The molecule has 18 heavy (non-hydrogen) atoms. The molecule has 1 fully saturated rings. The Kier molecular flexibility index (Phi) is 4.10. The summed E-state index contributed by atoms with van der Waals surface area (Å²) in [5.41, 5.74) is 0. The Labute approximate surface area is 116 Å². The molecule has 0 saturated carbocycles. The van der Waals surface area contributed by atoms with Gasteiger partial charge in [0.25, 0.3) is 0 Å². The molecule has 96 valence electrons. The van der Waals surface area contributed by atoms with Crippen molar-refractivity contribution in [3.8, 4) is 0 Å².